The van der Waals surface area contributed by atoms with E-state index in [1.807, 2.05) is 18.2 Å². The third-order valence-electron chi connectivity index (χ3n) is 1.77. The zero-order valence-electron chi connectivity index (χ0n) is 7.46. The molecule has 1 atom stereocenters. The molecule has 1 rings (SSSR count). The molecule has 13 heavy (non-hydrogen) atoms. The van der Waals surface area contributed by atoms with Crippen LogP contribution in [-0.4, -0.2) is 7.11 Å². The Morgan fingerprint density at radius 1 is 1.54 bits per heavy atom. The largest absolute Gasteiger partial charge is 0.497 e. The van der Waals surface area contributed by atoms with Crippen LogP contribution < -0.4 is 10.5 Å². The number of nitrogens with two attached hydrogens (primary N) is 1. The van der Waals surface area contributed by atoms with Gasteiger partial charge >= 0.3 is 0 Å². The van der Waals surface area contributed by atoms with Crippen LogP contribution in [0.2, 0.25) is 0 Å². The highest BCUT2D eigenvalue weighted by molar-refractivity contribution is 9.10. The Balaban J connectivity index is 3.07. The molecule has 0 unspecified atom stereocenters. The summed E-state index contributed by atoms with van der Waals surface area (Å²) in [6.07, 6.45) is 1.70. The number of methoxy groups -OCH3 is 1. The van der Waals surface area contributed by atoms with Crippen molar-refractivity contribution in [1.29, 1.82) is 0 Å². The molecule has 70 valence electrons. The molecule has 0 saturated carbocycles. The molecule has 0 aliphatic carbocycles. The maximum Gasteiger partial charge on any atom is 0.120 e. The van der Waals surface area contributed by atoms with E-state index in [0.29, 0.717) is 0 Å². The van der Waals surface area contributed by atoms with Crippen LogP contribution in [0.25, 0.3) is 0 Å². The molecule has 0 aliphatic heterocycles. The van der Waals surface area contributed by atoms with Gasteiger partial charge in [-0.2, -0.15) is 0 Å². The molecular formula is C10H12BrNO. The van der Waals surface area contributed by atoms with Crippen molar-refractivity contribution >= 4 is 15.9 Å². The molecule has 2 nitrogen and oxygen atoms in total. The molecule has 0 bridgehead atoms. The highest BCUT2D eigenvalue weighted by atomic mass is 79.9. The molecule has 0 fully saturated rings. The zero-order valence-corrected chi connectivity index (χ0v) is 9.04. The first-order valence-electron chi connectivity index (χ1n) is 3.90. The summed E-state index contributed by atoms with van der Waals surface area (Å²) in [5, 5.41) is 0. The van der Waals surface area contributed by atoms with Gasteiger partial charge in [0, 0.05) is 10.5 Å². The Morgan fingerprint density at radius 2 is 2.23 bits per heavy atom. The van der Waals surface area contributed by atoms with Gasteiger partial charge in [-0.05, 0) is 23.8 Å². The van der Waals surface area contributed by atoms with Gasteiger partial charge < -0.3 is 10.5 Å². The lowest BCUT2D eigenvalue weighted by atomic mass is 10.1. The third kappa shape index (κ3) is 2.57. The van der Waals surface area contributed by atoms with Gasteiger partial charge in [0.1, 0.15) is 5.75 Å². The molecule has 1 aromatic carbocycles. The minimum atomic E-state index is -0.147. The van der Waals surface area contributed by atoms with Crippen LogP contribution in [-0.2, 0) is 0 Å². The van der Waals surface area contributed by atoms with Crippen LogP contribution in [0, 0.1) is 0 Å². The number of rotatable bonds is 3. The first-order chi connectivity index (χ1) is 6.17. The summed E-state index contributed by atoms with van der Waals surface area (Å²) in [4.78, 5) is 0. The monoisotopic (exact) mass is 241 g/mol. The summed E-state index contributed by atoms with van der Waals surface area (Å²) in [7, 11) is 1.63. The summed E-state index contributed by atoms with van der Waals surface area (Å²) >= 11 is 3.38. The third-order valence-corrected chi connectivity index (χ3v) is 2.23. The molecule has 0 aromatic heterocycles. The SMILES string of the molecule is C=C[C@@H](N)c1cc(Br)cc(OC)c1. The minimum absolute atomic E-state index is 0.147. The lowest BCUT2D eigenvalue weighted by molar-refractivity contribution is 0.414. The molecule has 2 N–H and O–H groups in total. The minimum Gasteiger partial charge on any atom is -0.497 e. The van der Waals surface area contributed by atoms with Gasteiger partial charge in [-0.3, -0.25) is 0 Å². The summed E-state index contributed by atoms with van der Waals surface area (Å²) in [5.41, 5.74) is 6.78. The van der Waals surface area contributed by atoms with Crippen molar-refractivity contribution in [2.24, 2.45) is 5.73 Å². The van der Waals surface area contributed by atoms with Crippen LogP contribution in [0.3, 0.4) is 0 Å². The van der Waals surface area contributed by atoms with Crippen molar-refractivity contribution in [3.05, 3.63) is 40.9 Å². The number of hydrogen-bond acceptors (Lipinski definition) is 2. The number of halogens is 1. The van der Waals surface area contributed by atoms with Crippen molar-refractivity contribution in [2.45, 2.75) is 6.04 Å². The number of ether oxygens (including phenoxy) is 1. The molecule has 0 radical (unpaired) electrons. The van der Waals surface area contributed by atoms with Crippen molar-refractivity contribution in [3.63, 3.8) is 0 Å². The van der Waals surface area contributed by atoms with Gasteiger partial charge in [0.25, 0.3) is 0 Å². The van der Waals surface area contributed by atoms with Crippen molar-refractivity contribution in [3.8, 4) is 5.75 Å². The highest BCUT2D eigenvalue weighted by Gasteiger charge is 2.04. The van der Waals surface area contributed by atoms with E-state index in [2.05, 4.69) is 22.5 Å². The summed E-state index contributed by atoms with van der Waals surface area (Å²) in [5.74, 6) is 0.793. The van der Waals surface area contributed by atoms with Gasteiger partial charge in [-0.15, -0.1) is 6.58 Å². The van der Waals surface area contributed by atoms with E-state index in [9.17, 15) is 0 Å². The molecule has 0 aliphatic rings. The Morgan fingerprint density at radius 3 is 2.77 bits per heavy atom. The Hall–Kier alpha value is -0.800. The molecule has 0 saturated heterocycles. The van der Waals surface area contributed by atoms with Crippen molar-refractivity contribution in [1.82, 2.24) is 0 Å². The lowest BCUT2D eigenvalue weighted by Gasteiger charge is -2.09. The summed E-state index contributed by atoms with van der Waals surface area (Å²) in [6, 6.07) is 5.59. The van der Waals surface area contributed by atoms with E-state index in [-0.39, 0.29) is 6.04 Å². The van der Waals surface area contributed by atoms with Crippen molar-refractivity contribution < 1.29 is 4.74 Å². The van der Waals surface area contributed by atoms with Crippen LogP contribution >= 0.6 is 15.9 Å². The van der Waals surface area contributed by atoms with Crippen LogP contribution in [0.1, 0.15) is 11.6 Å². The van der Waals surface area contributed by atoms with Crippen molar-refractivity contribution in [2.75, 3.05) is 7.11 Å². The average Bonchev–Trinajstić information content (AvgIpc) is 2.15. The second-order valence-corrected chi connectivity index (χ2v) is 3.60. The fraction of sp³-hybridized carbons (Fsp3) is 0.200. The molecule has 3 heteroatoms. The van der Waals surface area contributed by atoms with Crippen LogP contribution in [0.4, 0.5) is 0 Å². The molecule has 0 spiro atoms. The Kier molecular flexibility index (Phi) is 3.51. The van der Waals surface area contributed by atoms with Gasteiger partial charge in [-0.25, -0.2) is 0 Å². The standard InChI is InChI=1S/C10H12BrNO/c1-3-10(12)7-4-8(11)6-9(5-7)13-2/h3-6,10H,1,12H2,2H3/t10-/m1/s1. The molecular weight excluding hydrogens is 230 g/mol. The first-order valence-corrected chi connectivity index (χ1v) is 4.69. The predicted molar refractivity (Wildman–Crippen MR) is 57.8 cm³/mol. The number of hydrogen-bond donors (Lipinski definition) is 1. The van der Waals surface area contributed by atoms with E-state index in [0.717, 1.165) is 15.8 Å². The zero-order chi connectivity index (χ0) is 9.84. The normalized spacial score (nSPS) is 12.2. The van der Waals surface area contributed by atoms with Gasteiger partial charge in [-0.1, -0.05) is 22.0 Å². The Labute approximate surface area is 86.5 Å². The maximum atomic E-state index is 5.79. The molecule has 0 heterocycles. The second kappa shape index (κ2) is 4.44. The first kappa shape index (κ1) is 10.3. The Bertz CT molecular complexity index is 312. The van der Waals surface area contributed by atoms with Gasteiger partial charge in [0.05, 0.1) is 7.11 Å². The molecule has 1 aromatic rings. The second-order valence-electron chi connectivity index (χ2n) is 2.69. The van der Waals surface area contributed by atoms with E-state index in [1.165, 1.54) is 0 Å². The smallest absolute Gasteiger partial charge is 0.120 e. The highest BCUT2D eigenvalue weighted by Crippen LogP contribution is 2.24. The van der Waals surface area contributed by atoms with E-state index in [4.69, 9.17) is 10.5 Å². The van der Waals surface area contributed by atoms with Gasteiger partial charge in [0.2, 0.25) is 0 Å². The number of benzene rings is 1. The quantitative estimate of drug-likeness (QED) is 0.827. The summed E-state index contributed by atoms with van der Waals surface area (Å²) < 4.78 is 6.07. The topological polar surface area (TPSA) is 35.2 Å². The lowest BCUT2D eigenvalue weighted by Crippen LogP contribution is -2.06. The van der Waals surface area contributed by atoms with Crippen LogP contribution in [0.5, 0.6) is 5.75 Å². The van der Waals surface area contributed by atoms with E-state index < -0.39 is 0 Å². The fourth-order valence-electron chi connectivity index (χ4n) is 1.03. The van der Waals surface area contributed by atoms with E-state index >= 15 is 0 Å². The average molecular weight is 242 g/mol. The van der Waals surface area contributed by atoms with Crippen LogP contribution in [0.15, 0.2) is 35.3 Å². The predicted octanol–water partition coefficient (Wildman–Crippen LogP) is 2.64. The molecule has 0 amide bonds. The summed E-state index contributed by atoms with van der Waals surface area (Å²) in [6.45, 7) is 3.64. The van der Waals surface area contributed by atoms with E-state index in [1.54, 1.807) is 13.2 Å². The maximum absolute atomic E-state index is 5.79. The fourth-order valence-corrected chi connectivity index (χ4v) is 1.52. The van der Waals surface area contributed by atoms with Gasteiger partial charge in [0.15, 0.2) is 0 Å².